The number of carbonyl (C=O) groups is 1. The lowest BCUT2D eigenvalue weighted by atomic mass is 9.94. The zero-order chi connectivity index (χ0) is 24.7. The van der Waals surface area contributed by atoms with E-state index in [4.69, 9.17) is 4.74 Å². The molecule has 0 saturated heterocycles. The SMILES string of the molecule is CCCc1ccc(COc2cc(C)ccc2F)cc1C(=O)N[C@H](CC(C)C)c1cccc(C)c1. The Morgan fingerprint density at radius 1 is 1.00 bits per heavy atom. The maximum absolute atomic E-state index is 14.1. The number of carbonyl (C=O) groups excluding carboxylic acids is 1. The summed E-state index contributed by atoms with van der Waals surface area (Å²) in [5.74, 6) is 0.185. The minimum atomic E-state index is -0.388. The second kappa shape index (κ2) is 11.8. The van der Waals surface area contributed by atoms with E-state index < -0.39 is 0 Å². The van der Waals surface area contributed by atoms with E-state index in [9.17, 15) is 9.18 Å². The summed E-state index contributed by atoms with van der Waals surface area (Å²) in [6, 6.07) is 18.9. The summed E-state index contributed by atoms with van der Waals surface area (Å²) >= 11 is 0. The molecule has 0 aliphatic carbocycles. The van der Waals surface area contributed by atoms with Gasteiger partial charge in [-0.2, -0.15) is 0 Å². The van der Waals surface area contributed by atoms with Crippen LogP contribution in [0.3, 0.4) is 0 Å². The summed E-state index contributed by atoms with van der Waals surface area (Å²) in [5.41, 5.74) is 5.74. The van der Waals surface area contributed by atoms with Crippen LogP contribution in [0.1, 0.15) is 77.8 Å². The topological polar surface area (TPSA) is 38.3 Å². The summed E-state index contributed by atoms with van der Waals surface area (Å²) in [6.07, 6.45) is 2.61. The van der Waals surface area contributed by atoms with E-state index in [0.29, 0.717) is 11.5 Å². The van der Waals surface area contributed by atoms with Crippen LogP contribution in [0.15, 0.2) is 60.7 Å². The van der Waals surface area contributed by atoms with Crippen LogP contribution in [0, 0.1) is 25.6 Å². The second-order valence-corrected chi connectivity index (χ2v) is 9.53. The molecule has 0 radical (unpaired) electrons. The van der Waals surface area contributed by atoms with Crippen molar-refractivity contribution in [3.05, 3.63) is 99.9 Å². The van der Waals surface area contributed by atoms with Crippen molar-refractivity contribution in [2.45, 2.75) is 66.5 Å². The number of ether oxygens (including phenoxy) is 1. The molecule has 1 amide bonds. The van der Waals surface area contributed by atoms with Gasteiger partial charge in [0, 0.05) is 5.56 Å². The third kappa shape index (κ3) is 6.93. The first kappa shape index (κ1) is 25.5. The summed E-state index contributed by atoms with van der Waals surface area (Å²) in [4.78, 5) is 13.5. The average molecular weight is 462 g/mol. The summed E-state index contributed by atoms with van der Waals surface area (Å²) in [7, 11) is 0. The fraction of sp³-hybridized carbons (Fsp3) is 0.367. The number of halogens is 1. The van der Waals surface area contributed by atoms with E-state index in [0.717, 1.165) is 41.5 Å². The summed E-state index contributed by atoms with van der Waals surface area (Å²) in [6.45, 7) is 10.6. The number of benzene rings is 3. The molecule has 0 aliphatic heterocycles. The average Bonchev–Trinajstić information content (AvgIpc) is 2.79. The Labute approximate surface area is 203 Å². The van der Waals surface area contributed by atoms with Crippen LogP contribution in [-0.2, 0) is 13.0 Å². The molecule has 3 nitrogen and oxygen atoms in total. The molecule has 34 heavy (non-hydrogen) atoms. The Morgan fingerprint density at radius 2 is 1.76 bits per heavy atom. The van der Waals surface area contributed by atoms with Gasteiger partial charge >= 0.3 is 0 Å². The molecule has 0 saturated carbocycles. The van der Waals surface area contributed by atoms with Crippen LogP contribution in [0.2, 0.25) is 0 Å². The molecular weight excluding hydrogens is 425 g/mol. The number of aryl methyl sites for hydroxylation is 3. The van der Waals surface area contributed by atoms with Crippen molar-refractivity contribution < 1.29 is 13.9 Å². The Bertz CT molecular complexity index is 1120. The lowest BCUT2D eigenvalue weighted by Crippen LogP contribution is -2.30. The molecular formula is C30H36FNO2. The van der Waals surface area contributed by atoms with Crippen molar-refractivity contribution in [1.29, 1.82) is 0 Å². The standard InChI is InChI=1S/C30H36FNO2/c1-6-8-24-13-12-23(19-34-29-17-22(5)11-14-27(29)31)18-26(24)30(33)32-28(15-20(2)3)25-10-7-9-21(4)16-25/h7,9-14,16-18,20,28H,6,8,15,19H2,1-5H3,(H,32,33)/t28-/m1/s1. The maximum atomic E-state index is 14.1. The molecule has 0 heterocycles. The molecule has 3 rings (SSSR count). The predicted molar refractivity (Wildman–Crippen MR) is 137 cm³/mol. The number of rotatable bonds is 10. The highest BCUT2D eigenvalue weighted by Gasteiger charge is 2.20. The molecule has 0 spiro atoms. The van der Waals surface area contributed by atoms with Gasteiger partial charge in [0.2, 0.25) is 0 Å². The predicted octanol–water partition coefficient (Wildman–Crippen LogP) is 7.49. The van der Waals surface area contributed by atoms with Crippen molar-refractivity contribution in [3.8, 4) is 5.75 Å². The number of hydrogen-bond acceptors (Lipinski definition) is 2. The summed E-state index contributed by atoms with van der Waals surface area (Å²) < 4.78 is 19.8. The van der Waals surface area contributed by atoms with Gasteiger partial charge in [-0.1, -0.05) is 75.2 Å². The minimum Gasteiger partial charge on any atom is -0.486 e. The molecule has 0 aliphatic rings. The van der Waals surface area contributed by atoms with Gasteiger partial charge in [-0.3, -0.25) is 4.79 Å². The van der Waals surface area contributed by atoms with E-state index >= 15 is 0 Å². The Kier molecular flexibility index (Phi) is 8.86. The molecule has 3 aromatic rings. The lowest BCUT2D eigenvalue weighted by molar-refractivity contribution is 0.0930. The number of nitrogens with one attached hydrogen (secondary N) is 1. The van der Waals surface area contributed by atoms with Crippen molar-refractivity contribution in [3.63, 3.8) is 0 Å². The molecule has 180 valence electrons. The Morgan fingerprint density at radius 3 is 2.47 bits per heavy atom. The van der Waals surface area contributed by atoms with E-state index in [1.807, 2.05) is 31.2 Å². The highest BCUT2D eigenvalue weighted by molar-refractivity contribution is 5.96. The Balaban J connectivity index is 1.84. The zero-order valence-corrected chi connectivity index (χ0v) is 21.0. The van der Waals surface area contributed by atoms with Gasteiger partial charge in [-0.15, -0.1) is 0 Å². The minimum absolute atomic E-state index is 0.0665. The lowest BCUT2D eigenvalue weighted by Gasteiger charge is -2.23. The molecule has 0 bridgehead atoms. The van der Waals surface area contributed by atoms with E-state index in [1.54, 1.807) is 12.1 Å². The van der Waals surface area contributed by atoms with Crippen LogP contribution >= 0.6 is 0 Å². The molecule has 1 atom stereocenters. The molecule has 0 fully saturated rings. The van der Waals surface area contributed by atoms with Gasteiger partial charge in [0.1, 0.15) is 6.61 Å². The number of amides is 1. The van der Waals surface area contributed by atoms with Crippen LogP contribution in [0.5, 0.6) is 5.75 Å². The van der Waals surface area contributed by atoms with Gasteiger partial charge in [0.25, 0.3) is 5.91 Å². The van der Waals surface area contributed by atoms with Crippen molar-refractivity contribution in [2.24, 2.45) is 5.92 Å². The zero-order valence-electron chi connectivity index (χ0n) is 21.0. The Hall–Kier alpha value is -3.14. The van der Waals surface area contributed by atoms with Crippen molar-refractivity contribution in [2.75, 3.05) is 0 Å². The van der Waals surface area contributed by atoms with E-state index in [1.165, 1.54) is 11.6 Å². The van der Waals surface area contributed by atoms with Gasteiger partial charge in [-0.25, -0.2) is 4.39 Å². The first-order valence-electron chi connectivity index (χ1n) is 12.1. The van der Waals surface area contributed by atoms with Crippen molar-refractivity contribution in [1.82, 2.24) is 5.32 Å². The molecule has 1 N–H and O–H groups in total. The highest BCUT2D eigenvalue weighted by Crippen LogP contribution is 2.25. The third-order valence-electron chi connectivity index (χ3n) is 5.88. The van der Waals surface area contributed by atoms with Crippen LogP contribution in [0.25, 0.3) is 0 Å². The maximum Gasteiger partial charge on any atom is 0.252 e. The highest BCUT2D eigenvalue weighted by atomic mass is 19.1. The largest absolute Gasteiger partial charge is 0.486 e. The van der Waals surface area contributed by atoms with E-state index in [-0.39, 0.29) is 30.1 Å². The van der Waals surface area contributed by atoms with E-state index in [2.05, 4.69) is 51.2 Å². The smallest absolute Gasteiger partial charge is 0.252 e. The van der Waals surface area contributed by atoms with Crippen LogP contribution in [-0.4, -0.2) is 5.91 Å². The quantitative estimate of drug-likeness (QED) is 0.340. The first-order valence-corrected chi connectivity index (χ1v) is 12.1. The summed E-state index contributed by atoms with van der Waals surface area (Å²) in [5, 5.41) is 3.28. The molecule has 4 heteroatoms. The normalized spacial score (nSPS) is 12.0. The molecule has 0 unspecified atom stereocenters. The fourth-order valence-corrected chi connectivity index (χ4v) is 4.17. The first-order chi connectivity index (χ1) is 16.3. The molecule has 0 aromatic heterocycles. The third-order valence-corrected chi connectivity index (χ3v) is 5.88. The van der Waals surface area contributed by atoms with Crippen LogP contribution < -0.4 is 10.1 Å². The van der Waals surface area contributed by atoms with Gasteiger partial charge in [-0.05, 0) is 73.1 Å². The van der Waals surface area contributed by atoms with Crippen LogP contribution in [0.4, 0.5) is 4.39 Å². The van der Waals surface area contributed by atoms with Gasteiger partial charge in [0.15, 0.2) is 11.6 Å². The fourth-order valence-electron chi connectivity index (χ4n) is 4.17. The van der Waals surface area contributed by atoms with Crippen molar-refractivity contribution >= 4 is 5.91 Å². The number of hydrogen-bond donors (Lipinski definition) is 1. The second-order valence-electron chi connectivity index (χ2n) is 9.53. The molecule has 3 aromatic carbocycles. The van der Waals surface area contributed by atoms with Gasteiger partial charge < -0.3 is 10.1 Å². The monoisotopic (exact) mass is 461 g/mol. The van der Waals surface area contributed by atoms with Gasteiger partial charge in [0.05, 0.1) is 6.04 Å².